The molecule has 0 aromatic heterocycles. The second kappa shape index (κ2) is 7.28. The Morgan fingerprint density at radius 1 is 0.607 bits per heavy atom. The van der Waals surface area contributed by atoms with E-state index in [0.717, 1.165) is 32.1 Å². The first-order valence-corrected chi connectivity index (χ1v) is 10.5. The highest BCUT2D eigenvalue weighted by atomic mass is 14.2. The van der Waals surface area contributed by atoms with Gasteiger partial charge in [0, 0.05) is 0 Å². The summed E-state index contributed by atoms with van der Waals surface area (Å²) in [5, 5.41) is 0. The Morgan fingerprint density at radius 2 is 1.21 bits per heavy atom. The van der Waals surface area contributed by atoms with E-state index in [2.05, 4.69) is 85.8 Å². The number of rotatable bonds is 5. The van der Waals surface area contributed by atoms with Gasteiger partial charge in [0.2, 0.25) is 0 Å². The SMILES string of the molecule is CCc1ccc(CCc2ccc3c(c2)C=C(C2=Cc4ccccc4C2)C3)cc1. The monoisotopic (exact) mass is 362 g/mol. The molecule has 0 unspecified atom stereocenters. The minimum absolute atomic E-state index is 1.08. The van der Waals surface area contributed by atoms with Crippen LogP contribution in [0.15, 0.2) is 77.9 Å². The van der Waals surface area contributed by atoms with Crippen LogP contribution in [0.2, 0.25) is 0 Å². The van der Waals surface area contributed by atoms with Crippen LogP contribution in [-0.2, 0) is 32.1 Å². The van der Waals surface area contributed by atoms with Crippen molar-refractivity contribution < 1.29 is 0 Å². The number of allylic oxidation sites excluding steroid dienone is 2. The average Bonchev–Trinajstić information content (AvgIpc) is 3.36. The van der Waals surface area contributed by atoms with E-state index in [-0.39, 0.29) is 0 Å². The molecule has 0 amide bonds. The summed E-state index contributed by atoms with van der Waals surface area (Å²) in [5.41, 5.74) is 13.0. The molecule has 0 saturated heterocycles. The lowest BCUT2D eigenvalue weighted by molar-refractivity contribution is 0.955. The Morgan fingerprint density at radius 3 is 1.96 bits per heavy atom. The van der Waals surface area contributed by atoms with Gasteiger partial charge >= 0.3 is 0 Å². The van der Waals surface area contributed by atoms with E-state index >= 15 is 0 Å². The van der Waals surface area contributed by atoms with Crippen molar-refractivity contribution in [1.29, 1.82) is 0 Å². The molecule has 5 rings (SSSR count). The smallest absolute Gasteiger partial charge is 0.00168 e. The zero-order valence-electron chi connectivity index (χ0n) is 16.5. The third kappa shape index (κ3) is 3.36. The predicted molar refractivity (Wildman–Crippen MR) is 119 cm³/mol. The van der Waals surface area contributed by atoms with Crippen molar-refractivity contribution in [2.75, 3.05) is 0 Å². The summed E-state index contributed by atoms with van der Waals surface area (Å²) in [6, 6.07) is 25.0. The number of hydrogen-bond donors (Lipinski definition) is 0. The van der Waals surface area contributed by atoms with Gasteiger partial charge in [-0.3, -0.25) is 0 Å². The summed E-state index contributed by atoms with van der Waals surface area (Å²) < 4.78 is 0. The summed E-state index contributed by atoms with van der Waals surface area (Å²) >= 11 is 0. The largest absolute Gasteiger partial charge is 0.0619 e. The topological polar surface area (TPSA) is 0 Å². The zero-order chi connectivity index (χ0) is 18.9. The van der Waals surface area contributed by atoms with Crippen LogP contribution in [0, 0.1) is 0 Å². The van der Waals surface area contributed by atoms with Crippen molar-refractivity contribution in [3.63, 3.8) is 0 Å². The van der Waals surface area contributed by atoms with Crippen LogP contribution in [0.5, 0.6) is 0 Å². The van der Waals surface area contributed by atoms with Crippen molar-refractivity contribution >= 4 is 12.2 Å². The van der Waals surface area contributed by atoms with Gasteiger partial charge in [-0.2, -0.15) is 0 Å². The number of aryl methyl sites for hydroxylation is 3. The van der Waals surface area contributed by atoms with Gasteiger partial charge in [0.25, 0.3) is 0 Å². The summed E-state index contributed by atoms with van der Waals surface area (Å²) in [7, 11) is 0. The highest BCUT2D eigenvalue weighted by Gasteiger charge is 2.20. The second-order valence-electron chi connectivity index (χ2n) is 8.09. The standard InChI is InChI=1S/C28H26/c1-2-20-7-9-21(10-8-20)11-12-22-13-14-25-18-28(19-26(25)15-22)27-16-23-5-3-4-6-24(23)17-27/h3-10,13-16,19H,2,11-12,17-18H2,1H3. The Kier molecular flexibility index (Phi) is 4.49. The van der Waals surface area contributed by atoms with Gasteiger partial charge in [0.05, 0.1) is 0 Å². The van der Waals surface area contributed by atoms with E-state index in [1.54, 1.807) is 0 Å². The van der Waals surface area contributed by atoms with Gasteiger partial charge in [-0.15, -0.1) is 0 Å². The minimum atomic E-state index is 1.08. The molecule has 0 atom stereocenters. The summed E-state index contributed by atoms with van der Waals surface area (Å²) in [4.78, 5) is 0. The number of fused-ring (bicyclic) bond motifs is 2. The van der Waals surface area contributed by atoms with Gasteiger partial charge in [-0.1, -0.05) is 85.8 Å². The van der Waals surface area contributed by atoms with Gasteiger partial charge < -0.3 is 0 Å². The molecule has 138 valence electrons. The fourth-order valence-corrected chi connectivity index (χ4v) is 4.46. The molecule has 0 nitrogen and oxygen atoms in total. The normalized spacial score (nSPS) is 14.5. The highest BCUT2D eigenvalue weighted by molar-refractivity contribution is 5.76. The summed E-state index contributed by atoms with van der Waals surface area (Å²) in [5.74, 6) is 0. The highest BCUT2D eigenvalue weighted by Crippen LogP contribution is 2.36. The molecule has 2 aliphatic rings. The molecule has 0 N–H and O–H groups in total. The van der Waals surface area contributed by atoms with E-state index in [9.17, 15) is 0 Å². The Bertz CT molecular complexity index is 1080. The van der Waals surface area contributed by atoms with Crippen LogP contribution in [0.3, 0.4) is 0 Å². The van der Waals surface area contributed by atoms with Crippen LogP contribution < -0.4 is 0 Å². The Balaban J connectivity index is 1.30. The van der Waals surface area contributed by atoms with Crippen LogP contribution in [0.1, 0.15) is 45.9 Å². The maximum absolute atomic E-state index is 2.42. The van der Waals surface area contributed by atoms with E-state index in [0.29, 0.717) is 0 Å². The molecule has 0 fully saturated rings. The van der Waals surface area contributed by atoms with E-state index in [1.807, 2.05) is 0 Å². The zero-order valence-corrected chi connectivity index (χ0v) is 16.5. The first-order valence-electron chi connectivity index (χ1n) is 10.5. The average molecular weight is 363 g/mol. The third-order valence-electron chi connectivity index (χ3n) is 6.23. The van der Waals surface area contributed by atoms with Crippen LogP contribution in [0.4, 0.5) is 0 Å². The molecule has 0 heteroatoms. The molecular formula is C28H26. The van der Waals surface area contributed by atoms with Crippen molar-refractivity contribution in [3.8, 4) is 0 Å². The predicted octanol–water partition coefficient (Wildman–Crippen LogP) is 6.61. The molecule has 3 aromatic rings. The van der Waals surface area contributed by atoms with E-state index in [4.69, 9.17) is 0 Å². The lowest BCUT2D eigenvalue weighted by atomic mass is 9.99. The fraction of sp³-hybridized carbons (Fsp3) is 0.214. The van der Waals surface area contributed by atoms with Gasteiger partial charge in [-0.05, 0) is 82.2 Å². The van der Waals surface area contributed by atoms with Crippen molar-refractivity contribution in [2.24, 2.45) is 0 Å². The molecule has 0 aliphatic heterocycles. The first kappa shape index (κ1) is 17.3. The van der Waals surface area contributed by atoms with Gasteiger partial charge in [0.1, 0.15) is 0 Å². The van der Waals surface area contributed by atoms with Crippen molar-refractivity contribution in [3.05, 3.63) is 117 Å². The Hall–Kier alpha value is -2.86. The quantitative estimate of drug-likeness (QED) is 0.479. The molecule has 28 heavy (non-hydrogen) atoms. The lowest BCUT2D eigenvalue weighted by Crippen LogP contribution is -1.94. The molecule has 0 saturated carbocycles. The molecule has 0 bridgehead atoms. The molecule has 0 heterocycles. The van der Waals surface area contributed by atoms with Crippen LogP contribution in [0.25, 0.3) is 12.2 Å². The second-order valence-corrected chi connectivity index (χ2v) is 8.09. The first-order chi connectivity index (χ1) is 13.8. The van der Waals surface area contributed by atoms with Gasteiger partial charge in [-0.25, -0.2) is 0 Å². The maximum atomic E-state index is 2.42. The van der Waals surface area contributed by atoms with Crippen molar-refractivity contribution in [1.82, 2.24) is 0 Å². The molecular weight excluding hydrogens is 336 g/mol. The van der Waals surface area contributed by atoms with Gasteiger partial charge in [0.15, 0.2) is 0 Å². The number of benzene rings is 3. The maximum Gasteiger partial charge on any atom is -0.00168 e. The minimum Gasteiger partial charge on any atom is -0.0619 e. The van der Waals surface area contributed by atoms with E-state index < -0.39 is 0 Å². The Labute approximate surface area is 168 Å². The van der Waals surface area contributed by atoms with Crippen LogP contribution >= 0.6 is 0 Å². The molecule has 0 radical (unpaired) electrons. The van der Waals surface area contributed by atoms with E-state index in [1.165, 1.54) is 50.1 Å². The lowest BCUT2D eigenvalue weighted by Gasteiger charge is -2.06. The third-order valence-corrected chi connectivity index (χ3v) is 6.23. The fourth-order valence-electron chi connectivity index (χ4n) is 4.46. The van der Waals surface area contributed by atoms with Crippen molar-refractivity contribution in [2.45, 2.75) is 39.0 Å². The summed E-state index contributed by atoms with van der Waals surface area (Å²) in [6.07, 6.45) is 10.3. The number of hydrogen-bond acceptors (Lipinski definition) is 0. The molecule has 2 aliphatic carbocycles. The summed E-state index contributed by atoms with van der Waals surface area (Å²) in [6.45, 7) is 2.21. The molecule has 0 spiro atoms. The molecule has 3 aromatic carbocycles. The van der Waals surface area contributed by atoms with Crippen LogP contribution in [-0.4, -0.2) is 0 Å².